The van der Waals surface area contributed by atoms with Crippen molar-refractivity contribution in [1.29, 1.82) is 0 Å². The van der Waals surface area contributed by atoms with E-state index in [9.17, 15) is 0 Å². The highest BCUT2D eigenvalue weighted by molar-refractivity contribution is 7.09. The van der Waals surface area contributed by atoms with E-state index in [-0.39, 0.29) is 0 Å². The van der Waals surface area contributed by atoms with E-state index in [2.05, 4.69) is 30.4 Å². The average Bonchev–Trinajstić information content (AvgIpc) is 3.53. The zero-order valence-electron chi connectivity index (χ0n) is 17.4. The van der Waals surface area contributed by atoms with E-state index in [1.807, 2.05) is 42.6 Å². The van der Waals surface area contributed by atoms with Gasteiger partial charge in [0.15, 0.2) is 0 Å². The van der Waals surface area contributed by atoms with E-state index in [1.165, 1.54) is 6.33 Å². The summed E-state index contributed by atoms with van der Waals surface area (Å²) in [5.74, 6) is 1.79. The van der Waals surface area contributed by atoms with E-state index in [0.29, 0.717) is 17.0 Å². The minimum atomic E-state index is -0.527. The zero-order chi connectivity index (χ0) is 21.9. The molecule has 0 bridgehead atoms. The molecule has 11 heteroatoms. The van der Waals surface area contributed by atoms with Crippen molar-refractivity contribution in [2.24, 2.45) is 0 Å². The summed E-state index contributed by atoms with van der Waals surface area (Å²) < 4.78 is 7.74. The maximum absolute atomic E-state index is 6.18. The molecule has 1 saturated heterocycles. The predicted octanol–water partition coefficient (Wildman–Crippen LogP) is 3.89. The molecule has 0 radical (unpaired) electrons. The fraction of sp³-hybridized carbons (Fsp3) is 0.333. The second-order valence-electron chi connectivity index (χ2n) is 7.59. The van der Waals surface area contributed by atoms with Crippen molar-refractivity contribution >= 4 is 28.9 Å². The Labute approximate surface area is 194 Å². The van der Waals surface area contributed by atoms with E-state index >= 15 is 0 Å². The summed E-state index contributed by atoms with van der Waals surface area (Å²) in [6.07, 6.45) is 4.72. The first-order chi connectivity index (χ1) is 15.7. The topological polar surface area (TPSA) is 94.7 Å². The first-order valence-electron chi connectivity index (χ1n) is 10.3. The van der Waals surface area contributed by atoms with Crippen LogP contribution in [0.4, 0.5) is 5.95 Å². The van der Waals surface area contributed by atoms with Crippen LogP contribution in [0.15, 0.2) is 48.2 Å². The Hall–Kier alpha value is -3.11. The van der Waals surface area contributed by atoms with Crippen LogP contribution in [0.1, 0.15) is 41.3 Å². The van der Waals surface area contributed by atoms with Gasteiger partial charge in [0.1, 0.15) is 22.9 Å². The molecule has 0 spiro atoms. The summed E-state index contributed by atoms with van der Waals surface area (Å²) in [5.41, 5.74) is 1.67. The number of para-hydroxylation sites is 1. The normalized spacial score (nSPS) is 15.6. The van der Waals surface area contributed by atoms with Crippen molar-refractivity contribution in [1.82, 2.24) is 35.2 Å². The molecule has 1 aliphatic heterocycles. The van der Waals surface area contributed by atoms with Crippen molar-refractivity contribution in [2.75, 3.05) is 18.0 Å². The van der Waals surface area contributed by atoms with E-state index in [4.69, 9.17) is 21.3 Å². The largest absolute Gasteiger partial charge is 0.463 e. The van der Waals surface area contributed by atoms with Crippen molar-refractivity contribution in [3.05, 3.63) is 69.7 Å². The molecular formula is C21H21ClN8OS. The molecular weight excluding hydrogens is 448 g/mol. The highest BCUT2D eigenvalue weighted by Crippen LogP contribution is 2.33. The molecule has 1 aliphatic rings. The molecule has 0 aliphatic carbocycles. The molecule has 4 heterocycles. The molecule has 1 unspecified atom stereocenters. The van der Waals surface area contributed by atoms with E-state index in [1.54, 1.807) is 22.2 Å². The lowest BCUT2D eigenvalue weighted by Gasteiger charge is -2.31. The minimum absolute atomic E-state index is 0.372. The fourth-order valence-electron chi connectivity index (χ4n) is 3.65. The van der Waals surface area contributed by atoms with Crippen molar-refractivity contribution in [3.8, 4) is 5.75 Å². The number of hydrogen-bond donors (Lipinski definition) is 0. The summed E-state index contributed by atoms with van der Waals surface area (Å²) in [7, 11) is 0. The van der Waals surface area contributed by atoms with Crippen molar-refractivity contribution in [3.63, 3.8) is 0 Å². The Morgan fingerprint density at radius 1 is 1.16 bits per heavy atom. The van der Waals surface area contributed by atoms with Crippen molar-refractivity contribution in [2.45, 2.75) is 31.9 Å². The number of anilines is 1. The van der Waals surface area contributed by atoms with Gasteiger partial charge in [0, 0.05) is 36.1 Å². The lowest BCUT2D eigenvalue weighted by molar-refractivity contribution is 0.152. The number of aryl methyl sites for hydroxylation is 1. The number of thiazole rings is 1. The Balaban J connectivity index is 1.30. The number of tetrazole rings is 1. The molecule has 9 nitrogen and oxygen atoms in total. The second kappa shape index (κ2) is 9.17. The summed E-state index contributed by atoms with van der Waals surface area (Å²) in [6, 6.07) is 9.61. The summed E-state index contributed by atoms with van der Waals surface area (Å²) in [6.45, 7) is 3.62. The lowest BCUT2D eigenvalue weighted by atomic mass is 9.98. The first kappa shape index (κ1) is 20.8. The molecule has 1 fully saturated rings. The molecule has 0 amide bonds. The number of halogens is 1. The van der Waals surface area contributed by atoms with E-state index < -0.39 is 6.23 Å². The standard InChI is InChI=1S/C21H21ClN8OS/c1-14-11-23-21(26-18(14)22)29-9-7-15(8-10-29)19-25-17(12-32-19)20(30-13-24-27-28-30)31-16-5-3-2-4-6-16/h2-6,11-13,15,20H,7-10H2,1H3. The van der Waals surface area contributed by atoms with Gasteiger partial charge in [0.25, 0.3) is 0 Å². The Kier molecular flexibility index (Phi) is 5.95. The summed E-state index contributed by atoms with van der Waals surface area (Å²) in [5, 5.41) is 15.2. The number of ether oxygens (including phenoxy) is 1. The average molecular weight is 469 g/mol. The molecule has 0 N–H and O–H groups in total. The molecule has 4 aromatic rings. The SMILES string of the molecule is Cc1cnc(N2CCC(c3nc(C(Oc4ccccc4)n4cnnn4)cs3)CC2)nc1Cl. The van der Waals surface area contributed by atoms with Gasteiger partial charge in [0.05, 0.1) is 5.01 Å². The quantitative estimate of drug-likeness (QED) is 0.393. The van der Waals surface area contributed by atoms with Gasteiger partial charge in [0.2, 0.25) is 12.2 Å². The number of benzene rings is 1. The van der Waals surface area contributed by atoms with Gasteiger partial charge < -0.3 is 9.64 Å². The van der Waals surface area contributed by atoms with Crippen LogP contribution in [0.5, 0.6) is 5.75 Å². The van der Waals surface area contributed by atoms with Crippen LogP contribution >= 0.6 is 22.9 Å². The van der Waals surface area contributed by atoms with Gasteiger partial charge in [-0.05, 0) is 42.3 Å². The van der Waals surface area contributed by atoms with Gasteiger partial charge >= 0.3 is 0 Å². The Morgan fingerprint density at radius 2 is 1.97 bits per heavy atom. The minimum Gasteiger partial charge on any atom is -0.463 e. The fourth-order valence-corrected chi connectivity index (χ4v) is 4.77. The van der Waals surface area contributed by atoms with Gasteiger partial charge in [-0.15, -0.1) is 16.4 Å². The molecule has 32 heavy (non-hydrogen) atoms. The van der Waals surface area contributed by atoms with Gasteiger partial charge in [-0.25, -0.2) is 15.0 Å². The van der Waals surface area contributed by atoms with Gasteiger partial charge in [-0.3, -0.25) is 0 Å². The van der Waals surface area contributed by atoms with Crippen LogP contribution in [0, 0.1) is 6.92 Å². The molecule has 3 aromatic heterocycles. The summed E-state index contributed by atoms with van der Waals surface area (Å²) in [4.78, 5) is 15.9. The van der Waals surface area contributed by atoms with Crippen LogP contribution in [-0.4, -0.2) is 48.2 Å². The smallest absolute Gasteiger partial charge is 0.238 e. The van der Waals surface area contributed by atoms with Crippen LogP contribution in [0.3, 0.4) is 0 Å². The molecule has 0 saturated carbocycles. The highest BCUT2D eigenvalue weighted by atomic mass is 35.5. The molecule has 5 rings (SSSR count). The third-order valence-corrected chi connectivity index (χ3v) is 6.82. The van der Waals surface area contributed by atoms with Crippen LogP contribution < -0.4 is 9.64 Å². The van der Waals surface area contributed by atoms with Crippen LogP contribution in [0.2, 0.25) is 5.15 Å². The molecule has 1 atom stereocenters. The second-order valence-corrected chi connectivity index (χ2v) is 8.84. The van der Waals surface area contributed by atoms with Gasteiger partial charge in [-0.1, -0.05) is 29.8 Å². The van der Waals surface area contributed by atoms with E-state index in [0.717, 1.165) is 47.9 Å². The van der Waals surface area contributed by atoms with Crippen LogP contribution in [0.25, 0.3) is 0 Å². The highest BCUT2D eigenvalue weighted by Gasteiger charge is 2.27. The molecule has 164 valence electrons. The third kappa shape index (κ3) is 4.42. The molecule has 1 aromatic carbocycles. The third-order valence-electron chi connectivity index (χ3n) is 5.41. The zero-order valence-corrected chi connectivity index (χ0v) is 18.9. The van der Waals surface area contributed by atoms with Crippen LogP contribution in [-0.2, 0) is 0 Å². The summed E-state index contributed by atoms with van der Waals surface area (Å²) >= 11 is 7.83. The lowest BCUT2D eigenvalue weighted by Crippen LogP contribution is -2.34. The maximum atomic E-state index is 6.18. The number of rotatable bonds is 6. The monoisotopic (exact) mass is 468 g/mol. The number of aromatic nitrogens is 7. The number of piperidine rings is 1. The Morgan fingerprint density at radius 3 is 2.69 bits per heavy atom. The maximum Gasteiger partial charge on any atom is 0.238 e. The van der Waals surface area contributed by atoms with Gasteiger partial charge in [-0.2, -0.15) is 4.68 Å². The number of hydrogen-bond acceptors (Lipinski definition) is 9. The van der Waals surface area contributed by atoms with Crippen molar-refractivity contribution < 1.29 is 4.74 Å². The predicted molar refractivity (Wildman–Crippen MR) is 121 cm³/mol. The Bertz CT molecular complexity index is 1160. The first-order valence-corrected chi connectivity index (χ1v) is 11.6. The number of nitrogens with zero attached hydrogens (tertiary/aromatic N) is 8.